The van der Waals surface area contributed by atoms with Crippen LogP contribution in [0.25, 0.3) is 0 Å². The lowest BCUT2D eigenvalue weighted by Crippen LogP contribution is -2.36. The molecule has 0 aromatic heterocycles. The van der Waals surface area contributed by atoms with Crippen LogP contribution in [-0.4, -0.2) is 31.6 Å². The van der Waals surface area contributed by atoms with E-state index in [1.165, 1.54) is 0 Å². The van der Waals surface area contributed by atoms with E-state index in [9.17, 15) is 4.79 Å². The third-order valence-corrected chi connectivity index (χ3v) is 2.42. The predicted octanol–water partition coefficient (Wildman–Crippen LogP) is 1.86. The average Bonchev–Trinajstić information content (AvgIpc) is 2.35. The van der Waals surface area contributed by atoms with E-state index in [-0.39, 0.29) is 6.03 Å². The molecule has 0 aliphatic rings. The molecule has 16 heavy (non-hydrogen) atoms. The number of hydrogen-bond donors (Lipinski definition) is 1. The lowest BCUT2D eigenvalue weighted by molar-refractivity contribution is 0.210. The summed E-state index contributed by atoms with van der Waals surface area (Å²) < 4.78 is 5.05. The van der Waals surface area contributed by atoms with Crippen LogP contribution in [0.5, 0.6) is 5.75 Å². The molecule has 2 amide bonds. The number of nitrogens with zero attached hydrogens (tertiary/aromatic N) is 1. The van der Waals surface area contributed by atoms with Crippen molar-refractivity contribution in [3.8, 4) is 5.75 Å². The van der Waals surface area contributed by atoms with Gasteiger partial charge in [0, 0.05) is 20.1 Å². The number of methoxy groups -OCH3 is 1. The van der Waals surface area contributed by atoms with Gasteiger partial charge in [-0.2, -0.15) is 0 Å². The number of carbonyl (C=O) groups excluding carboxylic acids is 1. The lowest BCUT2D eigenvalue weighted by atomic mass is 10.2. The fourth-order valence-corrected chi connectivity index (χ4v) is 1.20. The molecule has 1 aromatic carbocycles. The maximum atomic E-state index is 11.5. The maximum absolute atomic E-state index is 11.5. The van der Waals surface area contributed by atoms with Crippen molar-refractivity contribution in [1.29, 1.82) is 0 Å². The first-order chi connectivity index (χ1) is 7.67. The van der Waals surface area contributed by atoms with Gasteiger partial charge in [-0.3, -0.25) is 0 Å². The third kappa shape index (κ3) is 3.46. The Hall–Kier alpha value is -1.71. The Bertz CT molecular complexity index is 335. The highest BCUT2D eigenvalue weighted by atomic mass is 16.5. The molecule has 0 atom stereocenters. The largest absolute Gasteiger partial charge is 0.497 e. The molecule has 0 aliphatic carbocycles. The van der Waals surface area contributed by atoms with Gasteiger partial charge in [0.25, 0.3) is 0 Å². The van der Waals surface area contributed by atoms with Gasteiger partial charge < -0.3 is 15.0 Å². The summed E-state index contributed by atoms with van der Waals surface area (Å²) in [6.07, 6.45) is 0. The summed E-state index contributed by atoms with van der Waals surface area (Å²) in [7, 11) is 3.40. The minimum atomic E-state index is -0.0571. The molecule has 0 unspecified atom stereocenters. The standard InChI is InChI=1S/C12H18N2O2/c1-4-14(2)12(15)13-9-10-5-7-11(16-3)8-6-10/h5-8H,4,9H2,1-3H3,(H,13,15). The number of nitrogens with one attached hydrogen (secondary N) is 1. The molecule has 0 aliphatic heterocycles. The van der Waals surface area contributed by atoms with Crippen LogP contribution in [-0.2, 0) is 6.54 Å². The number of ether oxygens (including phenoxy) is 1. The van der Waals surface area contributed by atoms with Crippen LogP contribution in [0.1, 0.15) is 12.5 Å². The van der Waals surface area contributed by atoms with Gasteiger partial charge in [0.2, 0.25) is 0 Å². The quantitative estimate of drug-likeness (QED) is 0.844. The average molecular weight is 222 g/mol. The number of hydrogen-bond acceptors (Lipinski definition) is 2. The van der Waals surface area contributed by atoms with Crippen molar-refractivity contribution in [1.82, 2.24) is 10.2 Å². The summed E-state index contributed by atoms with van der Waals surface area (Å²) in [6, 6.07) is 7.57. The van der Waals surface area contributed by atoms with Crippen molar-refractivity contribution in [2.75, 3.05) is 20.7 Å². The van der Waals surface area contributed by atoms with E-state index in [0.717, 1.165) is 11.3 Å². The van der Waals surface area contributed by atoms with E-state index in [1.807, 2.05) is 31.2 Å². The van der Waals surface area contributed by atoms with Gasteiger partial charge >= 0.3 is 6.03 Å². The van der Waals surface area contributed by atoms with Crippen molar-refractivity contribution in [3.63, 3.8) is 0 Å². The van der Waals surface area contributed by atoms with Crippen LogP contribution in [0, 0.1) is 0 Å². The Morgan fingerprint density at radius 1 is 1.38 bits per heavy atom. The molecule has 4 nitrogen and oxygen atoms in total. The molecule has 1 rings (SSSR count). The highest BCUT2D eigenvalue weighted by Gasteiger charge is 2.04. The molecule has 0 radical (unpaired) electrons. The zero-order chi connectivity index (χ0) is 12.0. The second kappa shape index (κ2) is 6.00. The smallest absolute Gasteiger partial charge is 0.317 e. The predicted molar refractivity (Wildman–Crippen MR) is 63.5 cm³/mol. The van der Waals surface area contributed by atoms with Crippen molar-refractivity contribution in [3.05, 3.63) is 29.8 Å². The van der Waals surface area contributed by atoms with Crippen molar-refractivity contribution >= 4 is 6.03 Å². The summed E-state index contributed by atoms with van der Waals surface area (Å²) in [6.45, 7) is 3.18. The monoisotopic (exact) mass is 222 g/mol. The Balaban J connectivity index is 2.45. The van der Waals surface area contributed by atoms with Crippen molar-refractivity contribution in [2.24, 2.45) is 0 Å². The second-order valence-electron chi connectivity index (χ2n) is 3.52. The Labute approximate surface area is 96.2 Å². The highest BCUT2D eigenvalue weighted by Crippen LogP contribution is 2.10. The second-order valence-corrected chi connectivity index (χ2v) is 3.52. The van der Waals surface area contributed by atoms with Gasteiger partial charge in [-0.25, -0.2) is 4.79 Å². The summed E-state index contributed by atoms with van der Waals surface area (Å²) >= 11 is 0. The summed E-state index contributed by atoms with van der Waals surface area (Å²) in [5.41, 5.74) is 1.05. The van der Waals surface area contributed by atoms with E-state index in [4.69, 9.17) is 4.74 Å². The van der Waals surface area contributed by atoms with Crippen LogP contribution >= 0.6 is 0 Å². The Kier molecular flexibility index (Phi) is 4.64. The van der Waals surface area contributed by atoms with Crippen LogP contribution < -0.4 is 10.1 Å². The molecule has 1 N–H and O–H groups in total. The van der Waals surface area contributed by atoms with E-state index in [2.05, 4.69) is 5.32 Å². The molecule has 1 aromatic rings. The van der Waals surface area contributed by atoms with Gasteiger partial charge in [-0.1, -0.05) is 12.1 Å². The third-order valence-electron chi connectivity index (χ3n) is 2.42. The van der Waals surface area contributed by atoms with Crippen LogP contribution in [0.15, 0.2) is 24.3 Å². The Morgan fingerprint density at radius 2 is 2.00 bits per heavy atom. The van der Waals surface area contributed by atoms with Crippen molar-refractivity contribution < 1.29 is 9.53 Å². The molecule has 0 saturated carbocycles. The number of carbonyl (C=O) groups is 1. The zero-order valence-electron chi connectivity index (χ0n) is 9.99. The lowest BCUT2D eigenvalue weighted by Gasteiger charge is -2.15. The number of amides is 2. The minimum absolute atomic E-state index is 0.0571. The Morgan fingerprint density at radius 3 is 2.50 bits per heavy atom. The molecule has 4 heteroatoms. The summed E-state index contributed by atoms with van der Waals surface area (Å²) in [4.78, 5) is 13.1. The van der Waals surface area contributed by atoms with Gasteiger partial charge in [-0.15, -0.1) is 0 Å². The molecule has 0 saturated heterocycles. The first kappa shape index (κ1) is 12.4. The fraction of sp³-hybridized carbons (Fsp3) is 0.417. The fourth-order valence-electron chi connectivity index (χ4n) is 1.20. The van der Waals surface area contributed by atoms with Gasteiger partial charge in [0.15, 0.2) is 0 Å². The number of benzene rings is 1. The van der Waals surface area contributed by atoms with E-state index in [1.54, 1.807) is 19.1 Å². The minimum Gasteiger partial charge on any atom is -0.497 e. The van der Waals surface area contributed by atoms with Crippen molar-refractivity contribution in [2.45, 2.75) is 13.5 Å². The molecule has 0 fully saturated rings. The molecule has 88 valence electrons. The molecule has 0 heterocycles. The summed E-state index contributed by atoms with van der Waals surface area (Å²) in [5.74, 6) is 0.820. The van der Waals surface area contributed by atoms with Crippen LogP contribution in [0.2, 0.25) is 0 Å². The van der Waals surface area contributed by atoms with Crippen LogP contribution in [0.3, 0.4) is 0 Å². The first-order valence-electron chi connectivity index (χ1n) is 5.29. The van der Waals surface area contributed by atoms with E-state index in [0.29, 0.717) is 13.1 Å². The zero-order valence-corrected chi connectivity index (χ0v) is 9.99. The highest BCUT2D eigenvalue weighted by molar-refractivity contribution is 5.73. The maximum Gasteiger partial charge on any atom is 0.317 e. The van der Waals surface area contributed by atoms with Gasteiger partial charge in [0.05, 0.1) is 7.11 Å². The molecular weight excluding hydrogens is 204 g/mol. The first-order valence-corrected chi connectivity index (χ1v) is 5.29. The number of urea groups is 1. The van der Waals surface area contributed by atoms with Gasteiger partial charge in [0.1, 0.15) is 5.75 Å². The van der Waals surface area contributed by atoms with E-state index < -0.39 is 0 Å². The SMILES string of the molecule is CCN(C)C(=O)NCc1ccc(OC)cc1. The van der Waals surface area contributed by atoms with Crippen LogP contribution in [0.4, 0.5) is 4.79 Å². The van der Waals surface area contributed by atoms with E-state index >= 15 is 0 Å². The summed E-state index contributed by atoms with van der Waals surface area (Å²) in [5, 5.41) is 2.83. The molecule has 0 spiro atoms. The topological polar surface area (TPSA) is 41.6 Å². The van der Waals surface area contributed by atoms with Gasteiger partial charge in [-0.05, 0) is 24.6 Å². The number of rotatable bonds is 4. The normalized spacial score (nSPS) is 9.69. The molecule has 0 bridgehead atoms. The molecular formula is C12H18N2O2.